The summed E-state index contributed by atoms with van der Waals surface area (Å²) in [4.78, 5) is 9.42. The molecule has 0 aliphatic heterocycles. The summed E-state index contributed by atoms with van der Waals surface area (Å²) in [7, 11) is -3.93. The molecular weight excluding hydrogens is 474 g/mol. The van der Waals surface area contributed by atoms with Gasteiger partial charge in [0.25, 0.3) is 15.1 Å². The van der Waals surface area contributed by atoms with Crippen LogP contribution in [0.2, 0.25) is 5.02 Å². The third-order valence-corrected chi connectivity index (χ3v) is 10.4. The van der Waals surface area contributed by atoms with Crippen LogP contribution in [-0.4, -0.2) is 27.1 Å². The molecule has 1 unspecified atom stereocenters. The fourth-order valence-corrected chi connectivity index (χ4v) is 5.79. The van der Waals surface area contributed by atoms with Crippen LogP contribution in [0, 0.1) is 17.0 Å². The van der Waals surface area contributed by atoms with Gasteiger partial charge in [0.15, 0.2) is 4.90 Å². The predicted octanol–water partition coefficient (Wildman–Crippen LogP) is 5.61. The molecule has 0 spiro atoms. The van der Waals surface area contributed by atoms with Gasteiger partial charge < -0.3 is 9.26 Å². The minimum absolute atomic E-state index is 0.0833. The highest BCUT2D eigenvalue weighted by Crippen LogP contribution is 2.55. The number of benzene rings is 2. The quantitative estimate of drug-likeness (QED) is 0.295. The van der Waals surface area contributed by atoms with E-state index < -0.39 is 48.3 Å². The third-order valence-electron chi connectivity index (χ3n) is 3.98. The molecule has 0 aliphatic rings. The van der Waals surface area contributed by atoms with Crippen LogP contribution in [0.3, 0.4) is 0 Å². The first-order valence-corrected chi connectivity index (χ1v) is 12.4. The zero-order valence-electron chi connectivity index (χ0n) is 15.6. The molecule has 0 saturated carbocycles. The zero-order chi connectivity index (χ0) is 23.1. The van der Waals surface area contributed by atoms with E-state index in [0.717, 1.165) is 32.0 Å². The van der Waals surface area contributed by atoms with E-state index in [0.29, 0.717) is 12.1 Å². The Bertz CT molecular complexity index is 1170. The average Bonchev–Trinajstić information content (AvgIpc) is 2.63. The van der Waals surface area contributed by atoms with Crippen LogP contribution in [0.4, 0.5) is 18.9 Å². The molecule has 30 heavy (non-hydrogen) atoms. The number of alkyl halides is 3. The molecular formula is C16H14ClF3NO7PS. The molecule has 14 heteroatoms. The lowest BCUT2D eigenvalue weighted by Gasteiger charge is -2.16. The second-order valence-corrected chi connectivity index (χ2v) is 13.2. The zero-order valence-corrected chi connectivity index (χ0v) is 18.0. The van der Waals surface area contributed by atoms with Crippen LogP contribution in [0.25, 0.3) is 0 Å². The number of hydrogen-bond acceptors (Lipinski definition) is 7. The van der Waals surface area contributed by atoms with Crippen molar-refractivity contribution in [1.82, 2.24) is 0 Å². The average molecular weight is 488 g/mol. The molecule has 0 aliphatic carbocycles. The summed E-state index contributed by atoms with van der Waals surface area (Å²) in [5.74, 6) is -0.506. The van der Waals surface area contributed by atoms with Gasteiger partial charge in [0.1, 0.15) is 11.5 Å². The maximum atomic E-state index is 12.8. The van der Waals surface area contributed by atoms with Crippen LogP contribution in [-0.2, 0) is 24.7 Å². The number of halogens is 4. The number of rotatable bonds is 6. The smallest absolute Gasteiger partial charge is 0.416 e. The maximum absolute atomic E-state index is 12.8. The Kier molecular flexibility index (Phi) is 6.58. The van der Waals surface area contributed by atoms with Crippen molar-refractivity contribution in [2.45, 2.75) is 18.0 Å². The van der Waals surface area contributed by atoms with Gasteiger partial charge in [0.05, 0.1) is 15.5 Å². The van der Waals surface area contributed by atoms with Crippen molar-refractivity contribution in [2.75, 3.05) is 13.8 Å². The molecule has 2 aromatic rings. The van der Waals surface area contributed by atoms with Gasteiger partial charge in [0, 0.05) is 25.9 Å². The van der Waals surface area contributed by atoms with Gasteiger partial charge in [0.2, 0.25) is 0 Å². The molecule has 0 heterocycles. The van der Waals surface area contributed by atoms with Gasteiger partial charge in [-0.25, -0.2) is 8.42 Å². The van der Waals surface area contributed by atoms with Crippen LogP contribution in [0.1, 0.15) is 11.1 Å². The van der Waals surface area contributed by atoms with E-state index >= 15 is 0 Å². The van der Waals surface area contributed by atoms with Crippen molar-refractivity contribution in [3.8, 4) is 11.5 Å². The maximum Gasteiger partial charge on any atom is 0.416 e. The van der Waals surface area contributed by atoms with Gasteiger partial charge >= 0.3 is 12.7 Å². The van der Waals surface area contributed by atoms with E-state index in [-0.39, 0.29) is 17.1 Å². The fraction of sp³-hybridized carbons (Fsp3) is 0.250. The minimum Gasteiger partial charge on any atom is -0.455 e. The summed E-state index contributed by atoms with van der Waals surface area (Å²) < 4.78 is 85.9. The Morgan fingerprint density at radius 3 is 2.23 bits per heavy atom. The standard InChI is InChI=1S/C16H14ClF3NO7PS/c1-9-6-12(21(22)23)15(30(25,26)29(3,24)27-2)8-14(9)28-13-5-4-10(7-11(13)17)16(18,19)20/h4-8H,1-3H3. The van der Waals surface area contributed by atoms with Gasteiger partial charge in [-0.2, -0.15) is 13.2 Å². The highest BCUT2D eigenvalue weighted by Gasteiger charge is 2.41. The third kappa shape index (κ3) is 4.61. The first-order valence-electron chi connectivity index (χ1n) is 7.84. The summed E-state index contributed by atoms with van der Waals surface area (Å²) in [6.45, 7) is -2.23. The van der Waals surface area contributed by atoms with E-state index in [9.17, 15) is 36.3 Å². The molecule has 0 bridgehead atoms. The Morgan fingerprint density at radius 2 is 1.77 bits per heavy atom. The lowest BCUT2D eigenvalue weighted by molar-refractivity contribution is -0.387. The van der Waals surface area contributed by atoms with Crippen LogP contribution < -0.4 is 4.74 Å². The largest absolute Gasteiger partial charge is 0.455 e. The Hall–Kier alpha value is -2.14. The summed E-state index contributed by atoms with van der Waals surface area (Å²) in [5, 5.41) is 10.9. The second-order valence-electron chi connectivity index (χ2n) is 6.02. The molecule has 164 valence electrons. The molecule has 0 amide bonds. The van der Waals surface area contributed by atoms with E-state index in [2.05, 4.69) is 4.52 Å². The van der Waals surface area contributed by atoms with Gasteiger partial charge in [-0.3, -0.25) is 14.7 Å². The van der Waals surface area contributed by atoms with Crippen molar-refractivity contribution >= 4 is 33.3 Å². The fourth-order valence-electron chi connectivity index (χ4n) is 2.27. The predicted molar refractivity (Wildman–Crippen MR) is 102 cm³/mol. The van der Waals surface area contributed by atoms with Crippen LogP contribution in [0.15, 0.2) is 35.2 Å². The molecule has 0 radical (unpaired) electrons. The van der Waals surface area contributed by atoms with E-state index in [1.54, 1.807) is 0 Å². The van der Waals surface area contributed by atoms with Crippen molar-refractivity contribution < 1.29 is 40.3 Å². The number of aryl methyl sites for hydroxylation is 1. The molecule has 0 fully saturated rings. The lowest BCUT2D eigenvalue weighted by Crippen LogP contribution is -2.08. The Balaban J connectivity index is 2.64. The second kappa shape index (κ2) is 8.18. The number of hydrogen-bond donors (Lipinski definition) is 0. The highest BCUT2D eigenvalue weighted by atomic mass is 35.5. The molecule has 0 aromatic heterocycles. The van der Waals surface area contributed by atoms with Crippen LogP contribution in [0.5, 0.6) is 11.5 Å². The molecule has 0 saturated heterocycles. The minimum atomic E-state index is -4.80. The number of nitro groups is 1. The first-order chi connectivity index (χ1) is 13.6. The molecule has 2 aromatic carbocycles. The van der Waals surface area contributed by atoms with Crippen molar-refractivity contribution in [1.29, 1.82) is 0 Å². The summed E-state index contributed by atoms with van der Waals surface area (Å²) in [6, 6.07) is 3.85. The molecule has 1 atom stereocenters. The first kappa shape index (κ1) is 24.1. The molecule has 0 N–H and O–H groups in total. The van der Waals surface area contributed by atoms with E-state index in [4.69, 9.17) is 16.3 Å². The van der Waals surface area contributed by atoms with Crippen molar-refractivity contribution in [3.63, 3.8) is 0 Å². The molecule has 8 nitrogen and oxygen atoms in total. The Labute approximate surface area is 173 Å². The summed E-state index contributed by atoms with van der Waals surface area (Å²) in [5.41, 5.74) is -1.81. The topological polar surface area (TPSA) is 113 Å². The number of nitrogens with zero attached hydrogens (tertiary/aromatic N) is 1. The lowest BCUT2D eigenvalue weighted by atomic mass is 10.2. The number of nitro benzene ring substituents is 1. The van der Waals surface area contributed by atoms with E-state index in [1.807, 2.05) is 0 Å². The Morgan fingerprint density at radius 1 is 1.17 bits per heavy atom. The summed E-state index contributed by atoms with van der Waals surface area (Å²) in [6.07, 6.45) is -4.64. The SMILES string of the molecule is COP(C)(=O)S(=O)(=O)c1cc(Oc2ccc(C(F)(F)F)cc2Cl)c(C)cc1[N+](=O)[O-]. The van der Waals surface area contributed by atoms with Gasteiger partial charge in [-0.05, 0) is 30.7 Å². The van der Waals surface area contributed by atoms with E-state index in [1.165, 1.54) is 6.92 Å². The normalized spacial score (nSPS) is 14.2. The van der Waals surface area contributed by atoms with Gasteiger partial charge in [-0.1, -0.05) is 11.6 Å². The van der Waals surface area contributed by atoms with Gasteiger partial charge in [-0.15, -0.1) is 0 Å². The number of ether oxygens (including phenoxy) is 1. The highest BCUT2D eigenvalue weighted by molar-refractivity contribution is 8.50. The van der Waals surface area contributed by atoms with Crippen LogP contribution >= 0.6 is 18.2 Å². The van der Waals surface area contributed by atoms with Crippen molar-refractivity contribution in [3.05, 3.63) is 56.6 Å². The van der Waals surface area contributed by atoms with Crippen molar-refractivity contribution in [2.24, 2.45) is 0 Å². The molecule has 2 rings (SSSR count). The monoisotopic (exact) mass is 487 g/mol. The summed E-state index contributed by atoms with van der Waals surface area (Å²) >= 11 is 5.83.